The predicted octanol–water partition coefficient (Wildman–Crippen LogP) is 1.94. The molecule has 1 aromatic rings. The van der Waals surface area contributed by atoms with Gasteiger partial charge in [0.05, 0.1) is 6.10 Å². The minimum Gasteiger partial charge on any atom is -0.479 e. The van der Waals surface area contributed by atoms with Crippen LogP contribution >= 0.6 is 0 Å². The molecule has 6 nitrogen and oxygen atoms in total. The second-order valence-electron chi connectivity index (χ2n) is 4.96. The Morgan fingerprint density at radius 1 is 1.29 bits per heavy atom. The summed E-state index contributed by atoms with van der Waals surface area (Å²) in [4.78, 5) is 22.4. The van der Waals surface area contributed by atoms with E-state index in [4.69, 9.17) is 14.6 Å². The lowest BCUT2D eigenvalue weighted by Crippen LogP contribution is -2.40. The van der Waals surface area contributed by atoms with Gasteiger partial charge >= 0.3 is 12.1 Å². The van der Waals surface area contributed by atoms with Gasteiger partial charge < -0.3 is 19.9 Å². The third kappa shape index (κ3) is 5.07. The van der Waals surface area contributed by atoms with Crippen LogP contribution in [0.4, 0.5) is 4.79 Å². The third-order valence-corrected chi connectivity index (χ3v) is 3.31. The van der Waals surface area contributed by atoms with E-state index in [0.717, 1.165) is 18.4 Å². The first-order chi connectivity index (χ1) is 10.1. The van der Waals surface area contributed by atoms with E-state index in [0.29, 0.717) is 6.42 Å². The minimum atomic E-state index is -0.952. The molecule has 21 heavy (non-hydrogen) atoms. The second kappa shape index (κ2) is 7.64. The molecular formula is C15H19NO5. The fourth-order valence-electron chi connectivity index (χ4n) is 2.20. The number of carbonyl (C=O) groups is 2. The van der Waals surface area contributed by atoms with E-state index < -0.39 is 18.2 Å². The van der Waals surface area contributed by atoms with Crippen LogP contribution in [0.15, 0.2) is 30.3 Å². The standard InChI is InChI=1S/C15H19NO5/c17-14(18)13-8-4-7-12(21-13)9-16-15(19)20-10-11-5-2-1-3-6-11/h1-3,5-6,12-13H,4,7-10H2,(H,16,19)(H,17,18)/t12-,13+/m1/s1. The van der Waals surface area contributed by atoms with Gasteiger partial charge in [-0.25, -0.2) is 9.59 Å². The summed E-state index contributed by atoms with van der Waals surface area (Å²) >= 11 is 0. The van der Waals surface area contributed by atoms with Gasteiger partial charge in [-0.1, -0.05) is 30.3 Å². The summed E-state index contributed by atoms with van der Waals surface area (Å²) in [5, 5.41) is 11.5. The SMILES string of the molecule is O=C(NC[C@H]1CCC[C@@H](C(=O)O)O1)OCc1ccccc1. The van der Waals surface area contributed by atoms with Gasteiger partial charge in [0.2, 0.25) is 0 Å². The van der Waals surface area contributed by atoms with Crippen LogP contribution in [-0.4, -0.2) is 35.9 Å². The van der Waals surface area contributed by atoms with Crippen molar-refractivity contribution in [1.82, 2.24) is 5.32 Å². The van der Waals surface area contributed by atoms with E-state index in [1.54, 1.807) is 0 Å². The van der Waals surface area contributed by atoms with Gasteiger partial charge in [0.15, 0.2) is 6.10 Å². The lowest BCUT2D eigenvalue weighted by atomic mass is 10.0. The quantitative estimate of drug-likeness (QED) is 0.866. The lowest BCUT2D eigenvalue weighted by molar-refractivity contribution is -0.158. The number of nitrogens with one attached hydrogen (secondary N) is 1. The topological polar surface area (TPSA) is 84.9 Å². The molecule has 0 aliphatic carbocycles. The summed E-state index contributed by atoms with van der Waals surface area (Å²) in [5.74, 6) is -0.952. The normalized spacial score (nSPS) is 21.5. The van der Waals surface area contributed by atoms with Gasteiger partial charge in [-0.3, -0.25) is 0 Å². The van der Waals surface area contributed by atoms with Crippen molar-refractivity contribution in [1.29, 1.82) is 0 Å². The number of carbonyl (C=O) groups excluding carboxylic acids is 1. The van der Waals surface area contributed by atoms with Crippen molar-refractivity contribution in [3.63, 3.8) is 0 Å². The maximum Gasteiger partial charge on any atom is 0.407 e. The van der Waals surface area contributed by atoms with Gasteiger partial charge in [-0.15, -0.1) is 0 Å². The van der Waals surface area contributed by atoms with Crippen molar-refractivity contribution >= 4 is 12.1 Å². The van der Waals surface area contributed by atoms with E-state index >= 15 is 0 Å². The summed E-state index contributed by atoms with van der Waals surface area (Å²) in [6, 6.07) is 9.38. The molecule has 1 aliphatic heterocycles. The Morgan fingerprint density at radius 2 is 2.05 bits per heavy atom. The van der Waals surface area contributed by atoms with E-state index in [1.807, 2.05) is 30.3 Å². The van der Waals surface area contributed by atoms with Gasteiger partial charge in [0, 0.05) is 6.54 Å². The molecule has 0 spiro atoms. The number of benzene rings is 1. The molecule has 0 unspecified atom stereocenters. The number of aliphatic carboxylic acids is 1. The average Bonchev–Trinajstić information content (AvgIpc) is 2.52. The summed E-state index contributed by atoms with van der Waals surface area (Å²) in [6.45, 7) is 0.466. The fourth-order valence-corrected chi connectivity index (χ4v) is 2.20. The molecule has 2 atom stereocenters. The van der Waals surface area contributed by atoms with Gasteiger partial charge in [-0.2, -0.15) is 0 Å². The van der Waals surface area contributed by atoms with Crippen molar-refractivity contribution in [2.75, 3.05) is 6.54 Å². The summed E-state index contributed by atoms with van der Waals surface area (Å²) in [6.07, 6.45) is 0.463. The Bertz CT molecular complexity index is 476. The lowest BCUT2D eigenvalue weighted by Gasteiger charge is -2.27. The summed E-state index contributed by atoms with van der Waals surface area (Å²) < 4.78 is 10.5. The number of hydrogen-bond donors (Lipinski definition) is 2. The smallest absolute Gasteiger partial charge is 0.407 e. The van der Waals surface area contributed by atoms with Crippen LogP contribution in [0, 0.1) is 0 Å². The van der Waals surface area contributed by atoms with Crippen molar-refractivity contribution in [2.45, 2.75) is 38.1 Å². The molecule has 0 radical (unpaired) electrons. The summed E-state index contributed by atoms with van der Waals surface area (Å²) in [5.41, 5.74) is 0.910. The molecule has 1 amide bonds. The van der Waals surface area contributed by atoms with E-state index in [1.165, 1.54) is 0 Å². The van der Waals surface area contributed by atoms with Crippen molar-refractivity contribution < 1.29 is 24.2 Å². The Kier molecular flexibility index (Phi) is 5.57. The maximum atomic E-state index is 11.6. The highest BCUT2D eigenvalue weighted by molar-refractivity contribution is 5.72. The van der Waals surface area contributed by atoms with Crippen LogP contribution < -0.4 is 5.32 Å². The Morgan fingerprint density at radius 3 is 2.76 bits per heavy atom. The van der Waals surface area contributed by atoms with Crippen LogP contribution in [0.2, 0.25) is 0 Å². The molecule has 114 valence electrons. The van der Waals surface area contributed by atoms with E-state index in [2.05, 4.69) is 5.32 Å². The highest BCUT2D eigenvalue weighted by Crippen LogP contribution is 2.18. The van der Waals surface area contributed by atoms with Crippen LogP contribution in [0.3, 0.4) is 0 Å². The van der Waals surface area contributed by atoms with Crippen LogP contribution in [0.5, 0.6) is 0 Å². The molecule has 1 aliphatic rings. The predicted molar refractivity (Wildman–Crippen MR) is 74.8 cm³/mol. The zero-order chi connectivity index (χ0) is 15.1. The largest absolute Gasteiger partial charge is 0.479 e. The van der Waals surface area contributed by atoms with Gasteiger partial charge in [-0.05, 0) is 24.8 Å². The monoisotopic (exact) mass is 293 g/mol. The van der Waals surface area contributed by atoms with Crippen LogP contribution in [-0.2, 0) is 20.9 Å². The average molecular weight is 293 g/mol. The zero-order valence-corrected chi connectivity index (χ0v) is 11.7. The molecule has 1 aromatic carbocycles. The molecular weight excluding hydrogens is 274 g/mol. The molecule has 6 heteroatoms. The van der Waals surface area contributed by atoms with E-state index in [9.17, 15) is 9.59 Å². The number of carboxylic acids is 1. The first-order valence-corrected chi connectivity index (χ1v) is 6.98. The van der Waals surface area contributed by atoms with E-state index in [-0.39, 0.29) is 19.3 Å². The van der Waals surface area contributed by atoms with Crippen molar-refractivity contribution in [2.24, 2.45) is 0 Å². The number of hydrogen-bond acceptors (Lipinski definition) is 4. The molecule has 1 heterocycles. The first-order valence-electron chi connectivity index (χ1n) is 6.98. The second-order valence-corrected chi connectivity index (χ2v) is 4.96. The Balaban J connectivity index is 1.68. The molecule has 0 aromatic heterocycles. The van der Waals surface area contributed by atoms with Gasteiger partial charge in [0.1, 0.15) is 6.61 Å². The van der Waals surface area contributed by atoms with Crippen LogP contribution in [0.25, 0.3) is 0 Å². The van der Waals surface area contributed by atoms with Gasteiger partial charge in [0.25, 0.3) is 0 Å². The number of alkyl carbamates (subject to hydrolysis) is 1. The third-order valence-electron chi connectivity index (χ3n) is 3.31. The number of ether oxygens (including phenoxy) is 2. The van der Waals surface area contributed by atoms with Crippen molar-refractivity contribution in [3.8, 4) is 0 Å². The highest BCUT2D eigenvalue weighted by Gasteiger charge is 2.27. The molecule has 2 N–H and O–H groups in total. The molecule has 0 saturated carbocycles. The molecule has 2 rings (SSSR count). The number of amides is 1. The molecule has 0 bridgehead atoms. The Hall–Kier alpha value is -2.08. The molecule has 1 saturated heterocycles. The van der Waals surface area contributed by atoms with Crippen molar-refractivity contribution in [3.05, 3.63) is 35.9 Å². The number of rotatable bonds is 5. The number of carboxylic acid groups (broad SMARTS) is 1. The highest BCUT2D eigenvalue weighted by atomic mass is 16.6. The maximum absolute atomic E-state index is 11.6. The Labute approximate surface area is 123 Å². The molecule has 1 fully saturated rings. The minimum absolute atomic E-state index is 0.204. The first kappa shape index (κ1) is 15.3. The summed E-state index contributed by atoms with van der Waals surface area (Å²) in [7, 11) is 0. The van der Waals surface area contributed by atoms with Crippen LogP contribution in [0.1, 0.15) is 24.8 Å². The zero-order valence-electron chi connectivity index (χ0n) is 11.7. The fraction of sp³-hybridized carbons (Fsp3) is 0.467.